The van der Waals surface area contributed by atoms with Crippen LogP contribution in [0.2, 0.25) is 0 Å². The Bertz CT molecular complexity index is 441. The van der Waals surface area contributed by atoms with E-state index in [4.69, 9.17) is 0 Å². The van der Waals surface area contributed by atoms with Gasteiger partial charge in [0.15, 0.2) is 0 Å². The number of piperidine rings is 1. The highest BCUT2D eigenvalue weighted by Crippen LogP contribution is 2.16. The van der Waals surface area contributed by atoms with Crippen molar-refractivity contribution in [2.75, 3.05) is 31.5 Å². The standard InChI is InChI=1S/C15H24N4O/c1-3-16-15(20)14-11-13(5-8-17-14)18-12-6-9-19(4-2)10-7-12/h5,8,11-12H,3-4,6-7,9-10H2,1-2H3,(H,16,20)(H,17,18). The summed E-state index contributed by atoms with van der Waals surface area (Å²) in [7, 11) is 0. The van der Waals surface area contributed by atoms with E-state index in [1.54, 1.807) is 6.20 Å². The summed E-state index contributed by atoms with van der Waals surface area (Å²) in [5.74, 6) is -0.114. The number of nitrogens with one attached hydrogen (secondary N) is 2. The second kappa shape index (κ2) is 7.24. The molecule has 20 heavy (non-hydrogen) atoms. The smallest absolute Gasteiger partial charge is 0.269 e. The van der Waals surface area contributed by atoms with Crippen molar-refractivity contribution in [1.82, 2.24) is 15.2 Å². The number of aromatic nitrogens is 1. The number of rotatable bonds is 5. The highest BCUT2D eigenvalue weighted by atomic mass is 16.1. The van der Waals surface area contributed by atoms with Gasteiger partial charge in [0.2, 0.25) is 0 Å². The number of hydrogen-bond acceptors (Lipinski definition) is 4. The van der Waals surface area contributed by atoms with E-state index in [-0.39, 0.29) is 5.91 Å². The van der Waals surface area contributed by atoms with Crippen LogP contribution in [0, 0.1) is 0 Å². The summed E-state index contributed by atoms with van der Waals surface area (Å²) < 4.78 is 0. The largest absolute Gasteiger partial charge is 0.382 e. The van der Waals surface area contributed by atoms with Crippen LogP contribution in [0.3, 0.4) is 0 Å². The first-order valence-electron chi connectivity index (χ1n) is 7.46. The van der Waals surface area contributed by atoms with E-state index in [1.807, 2.05) is 19.1 Å². The fourth-order valence-corrected chi connectivity index (χ4v) is 2.52. The van der Waals surface area contributed by atoms with Crippen LogP contribution in [0.4, 0.5) is 5.69 Å². The zero-order valence-corrected chi connectivity index (χ0v) is 12.4. The van der Waals surface area contributed by atoms with Gasteiger partial charge in [0, 0.05) is 37.6 Å². The van der Waals surface area contributed by atoms with Gasteiger partial charge in [0.25, 0.3) is 5.91 Å². The molecule has 0 aliphatic carbocycles. The van der Waals surface area contributed by atoms with Crippen molar-refractivity contribution in [3.63, 3.8) is 0 Å². The van der Waals surface area contributed by atoms with Crippen LogP contribution in [0.25, 0.3) is 0 Å². The minimum Gasteiger partial charge on any atom is -0.382 e. The molecule has 0 atom stereocenters. The lowest BCUT2D eigenvalue weighted by molar-refractivity contribution is 0.0951. The minimum absolute atomic E-state index is 0.114. The van der Waals surface area contributed by atoms with Crippen molar-refractivity contribution in [2.24, 2.45) is 0 Å². The molecule has 0 spiro atoms. The van der Waals surface area contributed by atoms with Crippen LogP contribution in [0.5, 0.6) is 0 Å². The van der Waals surface area contributed by atoms with Gasteiger partial charge in [-0.3, -0.25) is 9.78 Å². The number of carbonyl (C=O) groups is 1. The van der Waals surface area contributed by atoms with Gasteiger partial charge in [-0.15, -0.1) is 0 Å². The normalized spacial score (nSPS) is 16.9. The van der Waals surface area contributed by atoms with E-state index in [9.17, 15) is 4.79 Å². The van der Waals surface area contributed by atoms with Crippen LogP contribution in [-0.4, -0.2) is 48.0 Å². The van der Waals surface area contributed by atoms with Gasteiger partial charge < -0.3 is 15.5 Å². The molecule has 1 amide bonds. The molecule has 1 aromatic rings. The molecule has 1 aliphatic heterocycles. The molecular weight excluding hydrogens is 252 g/mol. The second-order valence-corrected chi connectivity index (χ2v) is 5.14. The van der Waals surface area contributed by atoms with Gasteiger partial charge in [-0.05, 0) is 38.4 Å². The van der Waals surface area contributed by atoms with Crippen LogP contribution < -0.4 is 10.6 Å². The van der Waals surface area contributed by atoms with E-state index >= 15 is 0 Å². The van der Waals surface area contributed by atoms with Crippen LogP contribution in [-0.2, 0) is 0 Å². The SMILES string of the molecule is CCNC(=O)c1cc(NC2CCN(CC)CC2)ccn1. The summed E-state index contributed by atoms with van der Waals surface area (Å²) in [4.78, 5) is 18.3. The number of nitrogens with zero attached hydrogens (tertiary/aromatic N) is 2. The Hall–Kier alpha value is -1.62. The number of hydrogen-bond donors (Lipinski definition) is 2. The van der Waals surface area contributed by atoms with Crippen LogP contribution >= 0.6 is 0 Å². The Kier molecular flexibility index (Phi) is 5.35. The maximum absolute atomic E-state index is 11.8. The first kappa shape index (κ1) is 14.8. The fourth-order valence-electron chi connectivity index (χ4n) is 2.52. The average molecular weight is 276 g/mol. The third kappa shape index (κ3) is 3.93. The highest BCUT2D eigenvalue weighted by Gasteiger charge is 2.18. The lowest BCUT2D eigenvalue weighted by atomic mass is 10.0. The summed E-state index contributed by atoms with van der Waals surface area (Å²) in [6, 6.07) is 4.24. The van der Waals surface area contributed by atoms with Crippen LogP contribution in [0.15, 0.2) is 18.3 Å². The van der Waals surface area contributed by atoms with E-state index in [0.717, 1.165) is 38.2 Å². The van der Waals surface area contributed by atoms with E-state index in [1.165, 1.54) is 0 Å². The van der Waals surface area contributed by atoms with Gasteiger partial charge >= 0.3 is 0 Å². The monoisotopic (exact) mass is 276 g/mol. The summed E-state index contributed by atoms with van der Waals surface area (Å²) in [6.45, 7) is 8.14. The molecule has 0 saturated carbocycles. The first-order chi connectivity index (χ1) is 9.72. The fraction of sp³-hybridized carbons (Fsp3) is 0.600. The van der Waals surface area contributed by atoms with Crippen molar-refractivity contribution in [3.05, 3.63) is 24.0 Å². The van der Waals surface area contributed by atoms with Gasteiger partial charge in [-0.25, -0.2) is 0 Å². The Morgan fingerprint density at radius 1 is 1.40 bits per heavy atom. The molecule has 0 radical (unpaired) electrons. The van der Waals surface area contributed by atoms with Gasteiger partial charge in [-0.1, -0.05) is 6.92 Å². The molecular formula is C15H24N4O. The van der Waals surface area contributed by atoms with Gasteiger partial charge in [-0.2, -0.15) is 0 Å². The van der Waals surface area contributed by atoms with E-state index in [2.05, 4.69) is 27.4 Å². The first-order valence-corrected chi connectivity index (χ1v) is 7.46. The van der Waals surface area contributed by atoms with Crippen molar-refractivity contribution < 1.29 is 4.79 Å². The maximum atomic E-state index is 11.8. The molecule has 1 aromatic heterocycles. The molecule has 2 rings (SSSR count). The summed E-state index contributed by atoms with van der Waals surface area (Å²) >= 11 is 0. The number of anilines is 1. The predicted octanol–water partition coefficient (Wildman–Crippen LogP) is 1.73. The van der Waals surface area contributed by atoms with Crippen molar-refractivity contribution in [2.45, 2.75) is 32.7 Å². The number of carbonyl (C=O) groups excluding carboxylic acids is 1. The molecule has 0 bridgehead atoms. The molecule has 0 unspecified atom stereocenters. The Morgan fingerprint density at radius 3 is 2.80 bits per heavy atom. The lowest BCUT2D eigenvalue weighted by Crippen LogP contribution is -2.38. The zero-order valence-electron chi connectivity index (χ0n) is 12.4. The molecule has 5 heteroatoms. The van der Waals surface area contributed by atoms with Crippen molar-refractivity contribution >= 4 is 11.6 Å². The Morgan fingerprint density at radius 2 is 2.15 bits per heavy atom. The highest BCUT2D eigenvalue weighted by molar-refractivity contribution is 5.93. The summed E-state index contributed by atoms with van der Waals surface area (Å²) in [5, 5.41) is 6.29. The van der Waals surface area contributed by atoms with E-state index in [0.29, 0.717) is 18.3 Å². The van der Waals surface area contributed by atoms with Crippen LogP contribution in [0.1, 0.15) is 37.2 Å². The molecule has 1 fully saturated rings. The molecule has 0 aromatic carbocycles. The van der Waals surface area contributed by atoms with Crippen molar-refractivity contribution in [1.29, 1.82) is 0 Å². The molecule has 1 aliphatic rings. The molecule has 1 saturated heterocycles. The minimum atomic E-state index is -0.114. The number of likely N-dealkylation sites (tertiary alicyclic amines) is 1. The molecule has 2 heterocycles. The number of pyridine rings is 1. The Balaban J connectivity index is 1.93. The third-order valence-electron chi connectivity index (χ3n) is 3.74. The topological polar surface area (TPSA) is 57.3 Å². The Labute approximate surface area is 120 Å². The maximum Gasteiger partial charge on any atom is 0.269 e. The van der Waals surface area contributed by atoms with Crippen molar-refractivity contribution in [3.8, 4) is 0 Å². The summed E-state index contributed by atoms with van der Waals surface area (Å²) in [6.07, 6.45) is 3.98. The van der Waals surface area contributed by atoms with Gasteiger partial charge in [0.1, 0.15) is 5.69 Å². The average Bonchev–Trinajstić information content (AvgIpc) is 2.48. The molecule has 110 valence electrons. The third-order valence-corrected chi connectivity index (χ3v) is 3.74. The molecule has 2 N–H and O–H groups in total. The number of amides is 1. The summed E-state index contributed by atoms with van der Waals surface area (Å²) in [5.41, 5.74) is 1.46. The second-order valence-electron chi connectivity index (χ2n) is 5.14. The lowest BCUT2D eigenvalue weighted by Gasteiger charge is -2.32. The van der Waals surface area contributed by atoms with Gasteiger partial charge in [0.05, 0.1) is 0 Å². The zero-order chi connectivity index (χ0) is 14.4. The quantitative estimate of drug-likeness (QED) is 0.860. The van der Waals surface area contributed by atoms with E-state index < -0.39 is 0 Å². The molecule has 5 nitrogen and oxygen atoms in total. The predicted molar refractivity (Wildman–Crippen MR) is 81.0 cm³/mol.